The van der Waals surface area contributed by atoms with Crippen LogP contribution in [0.15, 0.2) is 12.1 Å². The minimum Gasteiger partial charge on any atom is -0.486 e. The fourth-order valence-electron chi connectivity index (χ4n) is 1.96. The molecular formula is C12H14N2O3. The molecule has 1 aromatic heterocycles. The van der Waals surface area contributed by atoms with Crippen LogP contribution in [0, 0.1) is 0 Å². The van der Waals surface area contributed by atoms with Crippen LogP contribution in [0.3, 0.4) is 0 Å². The normalized spacial score (nSPS) is 14.2. The molecule has 0 amide bonds. The molecular weight excluding hydrogens is 220 g/mol. The van der Waals surface area contributed by atoms with E-state index in [0.717, 1.165) is 34.8 Å². The summed E-state index contributed by atoms with van der Waals surface area (Å²) in [5.41, 5.74) is 1.82. The molecule has 0 fully saturated rings. The molecule has 3 rings (SSSR count). The highest BCUT2D eigenvalue weighted by atomic mass is 16.6. The molecule has 0 saturated carbocycles. The van der Waals surface area contributed by atoms with E-state index < -0.39 is 0 Å². The second kappa shape index (κ2) is 4.25. The molecule has 17 heavy (non-hydrogen) atoms. The number of aryl methyl sites for hydroxylation is 1. The van der Waals surface area contributed by atoms with Crippen LogP contribution in [0.5, 0.6) is 11.5 Å². The Bertz CT molecular complexity index is 493. The van der Waals surface area contributed by atoms with Crippen LogP contribution in [0.4, 0.5) is 0 Å². The molecule has 0 spiro atoms. The summed E-state index contributed by atoms with van der Waals surface area (Å²) < 4.78 is 11.0. The Kier molecular flexibility index (Phi) is 2.60. The quantitative estimate of drug-likeness (QED) is 0.839. The maximum atomic E-state index is 8.79. The molecule has 0 radical (unpaired) electrons. The van der Waals surface area contributed by atoms with Crippen LogP contribution in [0.2, 0.25) is 0 Å². The first-order valence-electron chi connectivity index (χ1n) is 5.76. The average Bonchev–Trinajstić information content (AvgIpc) is 2.75. The lowest BCUT2D eigenvalue weighted by Crippen LogP contribution is -2.15. The van der Waals surface area contributed by atoms with Crippen molar-refractivity contribution in [3.8, 4) is 11.5 Å². The van der Waals surface area contributed by atoms with Crippen molar-refractivity contribution in [1.82, 2.24) is 9.97 Å². The second-order valence-corrected chi connectivity index (χ2v) is 4.02. The molecule has 0 saturated heterocycles. The number of hydrogen-bond acceptors (Lipinski definition) is 4. The van der Waals surface area contributed by atoms with Gasteiger partial charge in [0.15, 0.2) is 11.5 Å². The summed E-state index contributed by atoms with van der Waals surface area (Å²) in [5, 5.41) is 8.79. The number of hydrogen-bond donors (Lipinski definition) is 2. The predicted molar refractivity (Wildman–Crippen MR) is 62.5 cm³/mol. The van der Waals surface area contributed by atoms with Crippen LogP contribution in [0.25, 0.3) is 11.0 Å². The fourth-order valence-corrected chi connectivity index (χ4v) is 1.96. The van der Waals surface area contributed by atoms with Crippen molar-refractivity contribution in [2.24, 2.45) is 0 Å². The molecule has 0 bridgehead atoms. The monoisotopic (exact) mass is 234 g/mol. The van der Waals surface area contributed by atoms with Crippen LogP contribution in [-0.4, -0.2) is 34.9 Å². The van der Waals surface area contributed by atoms with Gasteiger partial charge >= 0.3 is 0 Å². The van der Waals surface area contributed by atoms with Gasteiger partial charge in [0.05, 0.1) is 11.0 Å². The van der Waals surface area contributed by atoms with Gasteiger partial charge in [-0.2, -0.15) is 0 Å². The van der Waals surface area contributed by atoms with E-state index in [2.05, 4.69) is 9.97 Å². The zero-order valence-electron chi connectivity index (χ0n) is 9.40. The van der Waals surface area contributed by atoms with Crippen LogP contribution < -0.4 is 9.47 Å². The van der Waals surface area contributed by atoms with Crippen molar-refractivity contribution in [3.63, 3.8) is 0 Å². The molecule has 5 heteroatoms. The van der Waals surface area contributed by atoms with Gasteiger partial charge in [-0.1, -0.05) is 0 Å². The number of aromatic amines is 1. The zero-order chi connectivity index (χ0) is 11.7. The van der Waals surface area contributed by atoms with Crippen LogP contribution in [-0.2, 0) is 6.42 Å². The maximum absolute atomic E-state index is 8.79. The Balaban J connectivity index is 1.98. The van der Waals surface area contributed by atoms with Crippen LogP contribution >= 0.6 is 0 Å². The Labute approximate surface area is 98.4 Å². The van der Waals surface area contributed by atoms with Crippen molar-refractivity contribution in [1.29, 1.82) is 0 Å². The minimum absolute atomic E-state index is 0.180. The Morgan fingerprint density at radius 3 is 2.76 bits per heavy atom. The zero-order valence-corrected chi connectivity index (χ0v) is 9.40. The summed E-state index contributed by atoms with van der Waals surface area (Å²) in [7, 11) is 0. The minimum atomic E-state index is 0.180. The Morgan fingerprint density at radius 2 is 2.00 bits per heavy atom. The number of H-pyrrole nitrogens is 1. The van der Waals surface area contributed by atoms with Gasteiger partial charge in [0.1, 0.15) is 19.0 Å². The summed E-state index contributed by atoms with van der Waals surface area (Å²) in [5.74, 6) is 2.40. The topological polar surface area (TPSA) is 67.4 Å². The van der Waals surface area contributed by atoms with Crippen LogP contribution in [0.1, 0.15) is 12.2 Å². The smallest absolute Gasteiger partial charge is 0.163 e. The summed E-state index contributed by atoms with van der Waals surface area (Å²) in [6, 6.07) is 3.81. The van der Waals surface area contributed by atoms with E-state index in [-0.39, 0.29) is 6.61 Å². The Hall–Kier alpha value is -1.75. The lowest BCUT2D eigenvalue weighted by atomic mass is 10.2. The summed E-state index contributed by atoms with van der Waals surface area (Å²) in [6.07, 6.45) is 1.46. The molecule has 90 valence electrons. The van der Waals surface area contributed by atoms with Crippen molar-refractivity contribution in [2.45, 2.75) is 12.8 Å². The van der Waals surface area contributed by atoms with Gasteiger partial charge in [0.2, 0.25) is 0 Å². The van der Waals surface area contributed by atoms with Gasteiger partial charge in [0.25, 0.3) is 0 Å². The first-order chi connectivity index (χ1) is 8.36. The Morgan fingerprint density at radius 1 is 1.24 bits per heavy atom. The van der Waals surface area contributed by atoms with E-state index >= 15 is 0 Å². The van der Waals surface area contributed by atoms with E-state index in [9.17, 15) is 0 Å². The summed E-state index contributed by atoms with van der Waals surface area (Å²) in [4.78, 5) is 7.68. The van der Waals surface area contributed by atoms with Crippen molar-refractivity contribution in [2.75, 3.05) is 19.8 Å². The molecule has 5 nitrogen and oxygen atoms in total. The van der Waals surface area contributed by atoms with E-state index in [1.54, 1.807) is 0 Å². The van der Waals surface area contributed by atoms with Crippen molar-refractivity contribution >= 4 is 11.0 Å². The molecule has 1 aromatic carbocycles. The number of rotatable bonds is 3. The molecule has 0 atom stereocenters. The van der Waals surface area contributed by atoms with Gasteiger partial charge in [-0.3, -0.25) is 0 Å². The number of ether oxygens (including phenoxy) is 2. The van der Waals surface area contributed by atoms with E-state index in [1.165, 1.54) is 0 Å². The summed E-state index contributed by atoms with van der Waals surface area (Å²) in [6.45, 7) is 1.35. The third-order valence-corrected chi connectivity index (χ3v) is 2.77. The molecule has 2 aromatic rings. The molecule has 0 aliphatic carbocycles. The number of benzene rings is 1. The third kappa shape index (κ3) is 1.93. The molecule has 1 aliphatic heterocycles. The van der Waals surface area contributed by atoms with E-state index in [1.807, 2.05) is 12.1 Å². The number of aliphatic hydroxyl groups is 1. The highest BCUT2D eigenvalue weighted by Gasteiger charge is 2.14. The largest absolute Gasteiger partial charge is 0.486 e. The standard InChI is InChI=1S/C12H14N2O3/c15-3-1-2-12-13-8-6-10-11(7-9(8)14-12)17-5-4-16-10/h6-7,15H,1-5H2,(H,13,14). The first-order valence-corrected chi connectivity index (χ1v) is 5.76. The molecule has 2 N–H and O–H groups in total. The van der Waals surface area contributed by atoms with Gasteiger partial charge in [0, 0.05) is 25.2 Å². The van der Waals surface area contributed by atoms with Gasteiger partial charge in [-0.05, 0) is 6.42 Å². The number of aromatic nitrogens is 2. The van der Waals surface area contributed by atoms with Gasteiger partial charge in [-0.15, -0.1) is 0 Å². The molecule has 0 unspecified atom stereocenters. The highest BCUT2D eigenvalue weighted by molar-refractivity contribution is 5.79. The second-order valence-electron chi connectivity index (χ2n) is 4.02. The maximum Gasteiger partial charge on any atom is 0.163 e. The van der Waals surface area contributed by atoms with Gasteiger partial charge < -0.3 is 19.6 Å². The highest BCUT2D eigenvalue weighted by Crippen LogP contribution is 2.33. The van der Waals surface area contributed by atoms with Gasteiger partial charge in [-0.25, -0.2) is 4.98 Å². The molecule has 1 aliphatic rings. The lowest BCUT2D eigenvalue weighted by molar-refractivity contribution is 0.172. The SMILES string of the molecule is OCCCc1nc2cc3c(cc2[nH]1)OCCO3. The number of nitrogens with one attached hydrogen (secondary N) is 1. The van der Waals surface area contributed by atoms with E-state index in [4.69, 9.17) is 14.6 Å². The van der Waals surface area contributed by atoms with Crippen molar-refractivity contribution in [3.05, 3.63) is 18.0 Å². The number of imidazole rings is 1. The first kappa shape index (κ1) is 10.4. The number of aliphatic hydroxyl groups excluding tert-OH is 1. The third-order valence-electron chi connectivity index (χ3n) is 2.77. The molecule has 2 heterocycles. The van der Waals surface area contributed by atoms with E-state index in [0.29, 0.717) is 19.6 Å². The number of fused-ring (bicyclic) bond motifs is 2. The predicted octanol–water partition coefficient (Wildman–Crippen LogP) is 1.26. The average molecular weight is 234 g/mol. The summed E-state index contributed by atoms with van der Waals surface area (Å²) >= 11 is 0. The fraction of sp³-hybridized carbons (Fsp3) is 0.417. The lowest BCUT2D eigenvalue weighted by Gasteiger charge is -2.17. The number of nitrogens with zero attached hydrogens (tertiary/aromatic N) is 1. The van der Waals surface area contributed by atoms with Crippen molar-refractivity contribution < 1.29 is 14.6 Å².